The van der Waals surface area contributed by atoms with Crippen LogP contribution in [0.15, 0.2) is 45.3 Å². The lowest BCUT2D eigenvalue weighted by atomic mass is 10.2. The van der Waals surface area contributed by atoms with Gasteiger partial charge in [-0.2, -0.15) is 0 Å². The number of carbonyl (C=O) groups excluding carboxylic acids is 1. The number of amides is 1. The Bertz CT molecular complexity index is 737. The first-order valence-electron chi connectivity index (χ1n) is 5.59. The lowest BCUT2D eigenvalue weighted by Crippen LogP contribution is -2.13. The van der Waals surface area contributed by atoms with Gasteiger partial charge in [-0.05, 0) is 56.1 Å². The van der Waals surface area contributed by atoms with E-state index in [0.29, 0.717) is 15.2 Å². The Morgan fingerprint density at radius 3 is 2.57 bits per heavy atom. The van der Waals surface area contributed by atoms with Crippen LogP contribution < -0.4 is 5.32 Å². The SMILES string of the molecule is O=C(Nc1ccc(Cl)cc1Br)c1cccc([N+](=O)[O-])c1Br. The molecule has 2 aromatic carbocycles. The van der Waals surface area contributed by atoms with Crippen molar-refractivity contribution in [2.45, 2.75) is 0 Å². The first-order valence-corrected chi connectivity index (χ1v) is 7.56. The number of hydrogen-bond acceptors (Lipinski definition) is 3. The average Bonchev–Trinajstić information content (AvgIpc) is 2.41. The Balaban J connectivity index is 2.33. The van der Waals surface area contributed by atoms with Gasteiger partial charge in [-0.1, -0.05) is 17.7 Å². The number of anilines is 1. The van der Waals surface area contributed by atoms with Crippen molar-refractivity contribution in [3.05, 3.63) is 66.0 Å². The van der Waals surface area contributed by atoms with Gasteiger partial charge in [0.25, 0.3) is 11.6 Å². The van der Waals surface area contributed by atoms with Gasteiger partial charge in [0.15, 0.2) is 0 Å². The van der Waals surface area contributed by atoms with Gasteiger partial charge in [-0.25, -0.2) is 0 Å². The summed E-state index contributed by atoms with van der Waals surface area (Å²) < 4.78 is 0.752. The molecule has 0 radical (unpaired) electrons. The lowest BCUT2D eigenvalue weighted by Gasteiger charge is -2.09. The molecular formula is C13H7Br2ClN2O3. The van der Waals surface area contributed by atoms with Crippen LogP contribution in [0.3, 0.4) is 0 Å². The number of halogens is 3. The second-order valence-electron chi connectivity index (χ2n) is 3.97. The molecule has 0 unspecified atom stereocenters. The molecule has 0 saturated heterocycles. The number of nitro groups is 1. The standard InChI is InChI=1S/C13H7Br2ClN2O3/c14-9-6-7(16)4-5-10(9)17-13(19)8-2-1-3-11(12(8)15)18(20)21/h1-6H,(H,17,19). The van der Waals surface area contributed by atoms with Crippen LogP contribution in [0.5, 0.6) is 0 Å². The summed E-state index contributed by atoms with van der Waals surface area (Å²) in [6.07, 6.45) is 0. The van der Waals surface area contributed by atoms with Crippen LogP contribution in [-0.2, 0) is 0 Å². The smallest absolute Gasteiger partial charge is 0.284 e. The molecule has 0 spiro atoms. The molecule has 108 valence electrons. The molecule has 0 bridgehead atoms. The molecule has 0 heterocycles. The van der Waals surface area contributed by atoms with Crippen LogP contribution in [0.25, 0.3) is 0 Å². The van der Waals surface area contributed by atoms with Crippen molar-refractivity contribution >= 4 is 60.7 Å². The van der Waals surface area contributed by atoms with E-state index in [1.54, 1.807) is 18.2 Å². The van der Waals surface area contributed by atoms with Crippen molar-refractivity contribution < 1.29 is 9.72 Å². The monoisotopic (exact) mass is 432 g/mol. The largest absolute Gasteiger partial charge is 0.321 e. The van der Waals surface area contributed by atoms with Crippen LogP contribution in [0.2, 0.25) is 5.02 Å². The third kappa shape index (κ3) is 3.61. The molecule has 0 fully saturated rings. The third-order valence-electron chi connectivity index (χ3n) is 2.60. The van der Waals surface area contributed by atoms with Gasteiger partial charge in [-0.3, -0.25) is 14.9 Å². The van der Waals surface area contributed by atoms with Gasteiger partial charge < -0.3 is 5.32 Å². The number of benzene rings is 2. The summed E-state index contributed by atoms with van der Waals surface area (Å²) >= 11 is 12.2. The summed E-state index contributed by atoms with van der Waals surface area (Å²) in [5.74, 6) is -0.464. The van der Waals surface area contributed by atoms with Crippen molar-refractivity contribution in [3.8, 4) is 0 Å². The highest BCUT2D eigenvalue weighted by Gasteiger charge is 2.19. The molecule has 1 amide bonds. The Morgan fingerprint density at radius 1 is 1.24 bits per heavy atom. The zero-order valence-corrected chi connectivity index (χ0v) is 14.2. The van der Waals surface area contributed by atoms with Gasteiger partial charge in [0.1, 0.15) is 4.47 Å². The van der Waals surface area contributed by atoms with Crippen molar-refractivity contribution in [1.82, 2.24) is 0 Å². The summed E-state index contributed by atoms with van der Waals surface area (Å²) in [7, 11) is 0. The molecule has 0 aromatic heterocycles. The van der Waals surface area contributed by atoms with Crippen molar-refractivity contribution in [2.24, 2.45) is 0 Å². The summed E-state index contributed by atoms with van der Waals surface area (Å²) in [5.41, 5.74) is 0.520. The van der Waals surface area contributed by atoms with Crippen molar-refractivity contribution in [3.63, 3.8) is 0 Å². The van der Waals surface area contributed by atoms with Crippen LogP contribution in [0, 0.1) is 10.1 Å². The summed E-state index contributed by atoms with van der Waals surface area (Å²) in [5, 5.41) is 14.1. The van der Waals surface area contributed by atoms with E-state index in [0.717, 1.165) is 0 Å². The van der Waals surface area contributed by atoms with Gasteiger partial charge in [0.05, 0.1) is 16.2 Å². The fourth-order valence-corrected chi connectivity index (χ4v) is 2.99. The fraction of sp³-hybridized carbons (Fsp3) is 0. The van der Waals surface area contributed by atoms with E-state index >= 15 is 0 Å². The van der Waals surface area contributed by atoms with E-state index in [2.05, 4.69) is 37.2 Å². The van der Waals surface area contributed by atoms with Crippen LogP contribution in [0.1, 0.15) is 10.4 Å². The number of nitro benzene ring substituents is 1. The first-order chi connectivity index (χ1) is 9.90. The van der Waals surface area contributed by atoms with Crippen molar-refractivity contribution in [2.75, 3.05) is 5.32 Å². The van der Waals surface area contributed by atoms with Crippen molar-refractivity contribution in [1.29, 1.82) is 0 Å². The summed E-state index contributed by atoms with van der Waals surface area (Å²) in [6, 6.07) is 9.17. The second kappa shape index (κ2) is 6.55. The highest BCUT2D eigenvalue weighted by molar-refractivity contribution is 9.11. The number of nitrogens with one attached hydrogen (secondary N) is 1. The zero-order chi connectivity index (χ0) is 15.6. The minimum atomic E-state index is -0.556. The maximum atomic E-state index is 12.2. The van der Waals surface area contributed by atoms with Crippen LogP contribution in [0.4, 0.5) is 11.4 Å². The van der Waals surface area contributed by atoms with Gasteiger partial charge in [0.2, 0.25) is 0 Å². The fourth-order valence-electron chi connectivity index (χ4n) is 1.62. The molecule has 0 atom stereocenters. The minimum Gasteiger partial charge on any atom is -0.321 e. The van der Waals surface area contributed by atoms with Crippen LogP contribution in [-0.4, -0.2) is 10.8 Å². The number of rotatable bonds is 3. The lowest BCUT2D eigenvalue weighted by molar-refractivity contribution is -0.385. The quantitative estimate of drug-likeness (QED) is 0.544. The highest BCUT2D eigenvalue weighted by Crippen LogP contribution is 2.30. The molecule has 8 heteroatoms. The molecular weight excluding hydrogens is 427 g/mol. The van der Waals surface area contributed by atoms with Gasteiger partial charge >= 0.3 is 0 Å². The van der Waals surface area contributed by atoms with E-state index in [1.807, 2.05) is 0 Å². The molecule has 0 aliphatic carbocycles. The maximum absolute atomic E-state index is 12.2. The third-order valence-corrected chi connectivity index (χ3v) is 4.32. The molecule has 0 aliphatic heterocycles. The van der Waals surface area contributed by atoms with Gasteiger partial charge in [0, 0.05) is 15.6 Å². The zero-order valence-electron chi connectivity index (χ0n) is 10.3. The van der Waals surface area contributed by atoms with E-state index < -0.39 is 10.8 Å². The summed E-state index contributed by atoms with van der Waals surface area (Å²) in [4.78, 5) is 22.5. The molecule has 5 nitrogen and oxygen atoms in total. The first kappa shape index (κ1) is 15.9. The van der Waals surface area contributed by atoms with E-state index in [-0.39, 0.29) is 15.7 Å². The number of nitrogens with zero attached hydrogens (tertiary/aromatic N) is 1. The maximum Gasteiger partial charge on any atom is 0.284 e. The Morgan fingerprint density at radius 2 is 1.95 bits per heavy atom. The normalized spacial score (nSPS) is 10.2. The predicted octanol–water partition coefficient (Wildman–Crippen LogP) is 5.03. The Hall–Kier alpha value is -1.44. The average molecular weight is 434 g/mol. The van der Waals surface area contributed by atoms with E-state index in [4.69, 9.17) is 11.6 Å². The number of carbonyl (C=O) groups is 1. The highest BCUT2D eigenvalue weighted by atomic mass is 79.9. The van der Waals surface area contributed by atoms with E-state index in [1.165, 1.54) is 18.2 Å². The van der Waals surface area contributed by atoms with Gasteiger partial charge in [-0.15, -0.1) is 0 Å². The molecule has 2 rings (SSSR count). The minimum absolute atomic E-state index is 0.137. The topological polar surface area (TPSA) is 72.2 Å². The Kier molecular flexibility index (Phi) is 4.97. The van der Waals surface area contributed by atoms with E-state index in [9.17, 15) is 14.9 Å². The molecule has 2 aromatic rings. The summed E-state index contributed by atoms with van der Waals surface area (Å²) in [6.45, 7) is 0. The molecule has 0 saturated carbocycles. The Labute approximate surface area is 141 Å². The second-order valence-corrected chi connectivity index (χ2v) is 6.06. The molecule has 21 heavy (non-hydrogen) atoms. The number of hydrogen-bond donors (Lipinski definition) is 1. The van der Waals surface area contributed by atoms with Crippen LogP contribution >= 0.6 is 43.5 Å². The molecule has 0 aliphatic rings. The molecule has 1 N–H and O–H groups in total. The predicted molar refractivity (Wildman–Crippen MR) is 87.9 cm³/mol.